The average Bonchev–Trinajstić information content (AvgIpc) is 3.26. The first kappa shape index (κ1) is 23.6. The number of ether oxygens (including phenoxy) is 1. The Morgan fingerprint density at radius 2 is 2.06 bits per heavy atom. The van der Waals surface area contributed by atoms with Crippen molar-refractivity contribution in [2.24, 2.45) is 11.7 Å². The number of ketones is 1. The number of anilines is 1. The van der Waals surface area contributed by atoms with E-state index in [1.54, 1.807) is 6.92 Å². The number of aliphatic hydroxyl groups is 2. The fourth-order valence-electron chi connectivity index (χ4n) is 3.48. The Hall–Kier alpha value is -2.03. The van der Waals surface area contributed by atoms with E-state index in [2.05, 4.69) is 19.5 Å². The Kier molecular flexibility index (Phi) is 6.47. The van der Waals surface area contributed by atoms with Gasteiger partial charge in [-0.3, -0.25) is 13.9 Å². The molecule has 2 aromatic heterocycles. The smallest absolute Gasteiger partial charge is 0.387 e. The third-order valence-electron chi connectivity index (χ3n) is 5.48. The van der Waals surface area contributed by atoms with Crippen molar-refractivity contribution < 1.29 is 38.6 Å². The number of hydrogen-bond acceptors (Lipinski definition) is 11. The molecule has 0 amide bonds. The van der Waals surface area contributed by atoms with E-state index in [1.165, 1.54) is 0 Å². The van der Waals surface area contributed by atoms with Crippen molar-refractivity contribution in [2.45, 2.75) is 50.3 Å². The monoisotopic (exact) mass is 460 g/mol. The molecule has 6 atom stereocenters. The highest BCUT2D eigenvalue weighted by molar-refractivity contribution is 7.46. The largest absolute Gasteiger partial charge is 0.469 e. The van der Waals surface area contributed by atoms with E-state index in [4.69, 9.17) is 26.0 Å². The molecular weight excluding hydrogens is 435 g/mol. The molecule has 31 heavy (non-hydrogen) atoms. The summed E-state index contributed by atoms with van der Waals surface area (Å²) in [5.74, 6) is -1.10. The SMILES string of the molecule is CC[C@H](C)[C@H](N)C(=O)[C@@]1(n2cnc3c(N)ncnc32)O[C@H](COP(=O)(O)O)[C@@H](O)[C@H]1O. The summed E-state index contributed by atoms with van der Waals surface area (Å²) in [5.41, 5.74) is 9.79. The topological polar surface area (TPSA) is 229 Å². The molecule has 0 aromatic carbocycles. The molecule has 1 saturated heterocycles. The summed E-state index contributed by atoms with van der Waals surface area (Å²) in [7, 11) is -4.91. The van der Waals surface area contributed by atoms with Crippen LogP contribution in [0.1, 0.15) is 20.3 Å². The van der Waals surface area contributed by atoms with Gasteiger partial charge >= 0.3 is 7.82 Å². The van der Waals surface area contributed by atoms with E-state index in [-0.39, 0.29) is 22.9 Å². The van der Waals surface area contributed by atoms with Crippen molar-refractivity contribution in [3.63, 3.8) is 0 Å². The summed E-state index contributed by atoms with van der Waals surface area (Å²) >= 11 is 0. The average molecular weight is 460 g/mol. The van der Waals surface area contributed by atoms with E-state index in [0.717, 1.165) is 17.2 Å². The predicted octanol–water partition coefficient (Wildman–Crippen LogP) is -1.77. The molecule has 0 unspecified atom stereocenters. The highest BCUT2D eigenvalue weighted by atomic mass is 31.2. The highest BCUT2D eigenvalue weighted by Gasteiger charge is 2.62. The zero-order chi connectivity index (χ0) is 23.1. The quantitative estimate of drug-likeness (QED) is 0.240. The number of carbonyl (C=O) groups excluding carboxylic acids is 1. The lowest BCUT2D eigenvalue weighted by Gasteiger charge is -2.35. The van der Waals surface area contributed by atoms with Crippen LogP contribution in [0, 0.1) is 5.92 Å². The lowest BCUT2D eigenvalue weighted by atomic mass is 9.87. The second-order valence-corrected chi connectivity index (χ2v) is 8.64. The van der Waals surface area contributed by atoms with Gasteiger partial charge in [-0.25, -0.2) is 19.5 Å². The molecule has 172 valence electrons. The van der Waals surface area contributed by atoms with Gasteiger partial charge in [-0.1, -0.05) is 20.3 Å². The summed E-state index contributed by atoms with van der Waals surface area (Å²) in [6.45, 7) is 2.75. The molecule has 1 fully saturated rings. The van der Waals surface area contributed by atoms with Gasteiger partial charge in [0.2, 0.25) is 11.5 Å². The molecule has 0 radical (unpaired) electrons. The van der Waals surface area contributed by atoms with Gasteiger partial charge in [0.15, 0.2) is 11.5 Å². The molecule has 1 aliphatic rings. The molecule has 3 heterocycles. The van der Waals surface area contributed by atoms with Crippen LogP contribution < -0.4 is 11.5 Å². The van der Waals surface area contributed by atoms with Crippen LogP contribution >= 0.6 is 7.82 Å². The van der Waals surface area contributed by atoms with Crippen molar-refractivity contribution in [1.82, 2.24) is 19.5 Å². The number of phosphoric ester groups is 1. The first-order valence-electron chi connectivity index (χ1n) is 9.42. The second kappa shape index (κ2) is 8.48. The van der Waals surface area contributed by atoms with Gasteiger partial charge in [-0.15, -0.1) is 0 Å². The van der Waals surface area contributed by atoms with Crippen molar-refractivity contribution in [3.8, 4) is 0 Å². The van der Waals surface area contributed by atoms with Crippen LogP contribution in [0.3, 0.4) is 0 Å². The fourth-order valence-corrected chi connectivity index (χ4v) is 3.82. The van der Waals surface area contributed by atoms with Gasteiger partial charge in [-0.05, 0) is 5.92 Å². The van der Waals surface area contributed by atoms with E-state index in [0.29, 0.717) is 6.42 Å². The minimum absolute atomic E-state index is 0.00647. The van der Waals surface area contributed by atoms with E-state index < -0.39 is 50.3 Å². The van der Waals surface area contributed by atoms with Gasteiger partial charge in [0.05, 0.1) is 12.6 Å². The van der Waals surface area contributed by atoms with Crippen LogP contribution in [0.15, 0.2) is 12.7 Å². The number of rotatable bonds is 8. The maximum atomic E-state index is 13.6. The highest BCUT2D eigenvalue weighted by Crippen LogP contribution is 2.42. The number of imidazole rings is 1. The summed E-state index contributed by atoms with van der Waals surface area (Å²) in [5, 5.41) is 21.5. The van der Waals surface area contributed by atoms with Crippen LogP contribution in [0.25, 0.3) is 11.2 Å². The molecule has 0 bridgehead atoms. The van der Waals surface area contributed by atoms with Crippen LogP contribution in [0.2, 0.25) is 0 Å². The maximum Gasteiger partial charge on any atom is 0.469 e. The number of phosphoric acid groups is 1. The number of nitrogen functional groups attached to an aromatic ring is 1. The fraction of sp³-hybridized carbons (Fsp3) is 0.625. The van der Waals surface area contributed by atoms with E-state index in [1.807, 2.05) is 6.92 Å². The van der Waals surface area contributed by atoms with Crippen molar-refractivity contribution in [2.75, 3.05) is 12.3 Å². The van der Waals surface area contributed by atoms with Gasteiger partial charge in [0.1, 0.15) is 36.5 Å². The Bertz CT molecular complexity index is 1010. The lowest BCUT2D eigenvalue weighted by molar-refractivity contribution is -0.176. The van der Waals surface area contributed by atoms with Crippen molar-refractivity contribution in [1.29, 1.82) is 0 Å². The standard InChI is InChI=1S/C16H25N6O8P/c1-3-7(2)9(17)12(24)16(22-6-21-10-14(18)19-5-20-15(10)22)13(25)11(23)8(30-16)4-29-31(26,27)28/h5-9,11,13,23,25H,3-4,17H2,1-2H3,(H2,18,19,20)(H2,26,27,28)/t7-,8+,9-,11+,13+,16+/m0/s1. The van der Waals surface area contributed by atoms with Crippen LogP contribution in [-0.4, -0.2) is 76.3 Å². The van der Waals surface area contributed by atoms with Gasteiger partial charge in [0.25, 0.3) is 0 Å². The Morgan fingerprint density at radius 1 is 1.39 bits per heavy atom. The second-order valence-electron chi connectivity index (χ2n) is 7.40. The van der Waals surface area contributed by atoms with Crippen LogP contribution in [0.5, 0.6) is 0 Å². The number of aromatic nitrogens is 4. The number of hydrogen-bond donors (Lipinski definition) is 6. The third kappa shape index (κ3) is 4.08. The molecular formula is C16H25N6O8P. The Morgan fingerprint density at radius 3 is 2.68 bits per heavy atom. The normalized spacial score (nSPS) is 28.7. The molecule has 14 nitrogen and oxygen atoms in total. The lowest BCUT2D eigenvalue weighted by Crippen LogP contribution is -2.58. The van der Waals surface area contributed by atoms with Crippen LogP contribution in [-0.2, 0) is 24.3 Å². The molecule has 0 aliphatic carbocycles. The molecule has 0 saturated carbocycles. The summed E-state index contributed by atoms with van der Waals surface area (Å²) < 4.78 is 22.4. The van der Waals surface area contributed by atoms with Gasteiger partial charge in [0, 0.05) is 0 Å². The Labute approximate surface area is 176 Å². The van der Waals surface area contributed by atoms with Gasteiger partial charge < -0.3 is 36.2 Å². The minimum Gasteiger partial charge on any atom is -0.387 e. The predicted molar refractivity (Wildman–Crippen MR) is 105 cm³/mol. The van der Waals surface area contributed by atoms with E-state index in [9.17, 15) is 19.6 Å². The minimum atomic E-state index is -4.91. The first-order chi connectivity index (χ1) is 14.4. The summed E-state index contributed by atoms with van der Waals surface area (Å²) in [4.78, 5) is 43.5. The molecule has 0 spiro atoms. The van der Waals surface area contributed by atoms with E-state index >= 15 is 0 Å². The summed E-state index contributed by atoms with van der Waals surface area (Å²) in [6.07, 6.45) is -2.34. The van der Waals surface area contributed by atoms with Gasteiger partial charge in [-0.2, -0.15) is 0 Å². The zero-order valence-electron chi connectivity index (χ0n) is 16.8. The number of nitrogens with two attached hydrogens (primary N) is 2. The van der Waals surface area contributed by atoms with Crippen LogP contribution in [0.4, 0.5) is 5.82 Å². The number of fused-ring (bicyclic) bond motifs is 1. The summed E-state index contributed by atoms with van der Waals surface area (Å²) in [6, 6.07) is -1.12. The maximum absolute atomic E-state index is 13.6. The van der Waals surface area contributed by atoms with Crippen molar-refractivity contribution >= 4 is 30.6 Å². The zero-order valence-corrected chi connectivity index (χ0v) is 17.7. The molecule has 15 heteroatoms. The number of Topliss-reactive ketones (excluding diaryl/α,β-unsaturated/α-hetero) is 1. The molecule has 3 rings (SSSR count). The number of aliphatic hydroxyl groups excluding tert-OH is 2. The molecule has 8 N–H and O–H groups in total. The van der Waals surface area contributed by atoms with Crippen molar-refractivity contribution in [3.05, 3.63) is 12.7 Å². The first-order valence-corrected chi connectivity index (χ1v) is 10.9. The molecule has 1 aliphatic heterocycles. The number of carbonyl (C=O) groups is 1. The Balaban J connectivity index is 2.14. The molecule has 2 aromatic rings. The third-order valence-corrected chi connectivity index (χ3v) is 5.96. The number of nitrogens with zero attached hydrogens (tertiary/aromatic N) is 4.